The minimum Gasteiger partial charge on any atom is -0.449 e. The van der Waals surface area contributed by atoms with Gasteiger partial charge in [0.15, 0.2) is 0 Å². The second-order valence-electron chi connectivity index (χ2n) is 5.99. The van der Waals surface area contributed by atoms with Gasteiger partial charge in [-0.05, 0) is 25.3 Å². The predicted octanol–water partition coefficient (Wildman–Crippen LogP) is 2.72. The van der Waals surface area contributed by atoms with Crippen molar-refractivity contribution in [2.45, 2.75) is 44.9 Å². The van der Waals surface area contributed by atoms with Crippen molar-refractivity contribution in [1.29, 1.82) is 0 Å². The summed E-state index contributed by atoms with van der Waals surface area (Å²) in [5, 5.41) is 2.04. The van der Waals surface area contributed by atoms with E-state index in [1.807, 2.05) is 30.1 Å². The van der Waals surface area contributed by atoms with Crippen LogP contribution in [0, 0.1) is 5.92 Å². The van der Waals surface area contributed by atoms with Crippen molar-refractivity contribution in [1.82, 2.24) is 10.4 Å². The van der Waals surface area contributed by atoms with Crippen molar-refractivity contribution in [2.75, 3.05) is 13.2 Å². The van der Waals surface area contributed by atoms with Crippen molar-refractivity contribution < 1.29 is 14.3 Å². The van der Waals surface area contributed by atoms with E-state index >= 15 is 0 Å². The second kappa shape index (κ2) is 7.11. The molecule has 1 N–H and O–H groups in total. The summed E-state index contributed by atoms with van der Waals surface area (Å²) in [7, 11) is 0. The van der Waals surface area contributed by atoms with Gasteiger partial charge in [-0.1, -0.05) is 36.8 Å². The molecule has 1 aliphatic heterocycles. The molecule has 1 unspecified atom stereocenters. The van der Waals surface area contributed by atoms with Crippen LogP contribution in [0.3, 0.4) is 0 Å². The molecule has 0 spiro atoms. The number of fused-ring (bicyclic) bond motifs is 1. The molecule has 1 saturated heterocycles. The molecule has 0 aromatic heterocycles. The summed E-state index contributed by atoms with van der Waals surface area (Å²) in [6, 6.07) is 11.1. The standard InChI is InChI=1S/C17H24N2O3/c1-2-22-17(20)18-19-15-10-6-9-14(16(15)19)12-21-11-13-7-4-3-5-8-13/h3-5,7-8,14-16H,2,6,9-12H2,1H3,(H,18,20)/t14-,15+,16-,19?/m1/s1. The molecule has 5 heteroatoms. The molecule has 1 saturated carbocycles. The van der Waals surface area contributed by atoms with Crippen LogP contribution in [0.25, 0.3) is 0 Å². The molecule has 1 aromatic rings. The summed E-state index contributed by atoms with van der Waals surface area (Å²) in [6.07, 6.45) is 3.16. The molecule has 2 fully saturated rings. The van der Waals surface area contributed by atoms with Crippen LogP contribution >= 0.6 is 0 Å². The maximum absolute atomic E-state index is 11.5. The third-order valence-electron chi connectivity index (χ3n) is 4.48. The third-order valence-corrected chi connectivity index (χ3v) is 4.48. The van der Waals surface area contributed by atoms with E-state index in [0.29, 0.717) is 31.2 Å². The van der Waals surface area contributed by atoms with Gasteiger partial charge in [-0.2, -0.15) is 0 Å². The van der Waals surface area contributed by atoms with Crippen molar-refractivity contribution in [3.05, 3.63) is 35.9 Å². The fraction of sp³-hybridized carbons (Fsp3) is 0.588. The second-order valence-corrected chi connectivity index (χ2v) is 5.99. The Morgan fingerprint density at radius 1 is 1.32 bits per heavy atom. The van der Waals surface area contributed by atoms with E-state index < -0.39 is 0 Å². The van der Waals surface area contributed by atoms with Crippen molar-refractivity contribution >= 4 is 6.09 Å². The zero-order valence-electron chi connectivity index (χ0n) is 13.0. The number of benzene rings is 1. The van der Waals surface area contributed by atoms with Crippen LogP contribution in [-0.2, 0) is 16.1 Å². The van der Waals surface area contributed by atoms with Gasteiger partial charge in [0.05, 0.1) is 25.9 Å². The van der Waals surface area contributed by atoms with Gasteiger partial charge < -0.3 is 9.47 Å². The van der Waals surface area contributed by atoms with Crippen molar-refractivity contribution in [3.63, 3.8) is 0 Å². The van der Waals surface area contributed by atoms with Crippen LogP contribution in [0.5, 0.6) is 0 Å². The number of hydrogen-bond donors (Lipinski definition) is 1. The lowest BCUT2D eigenvalue weighted by Gasteiger charge is -2.19. The number of ether oxygens (including phenoxy) is 2. The molecule has 4 atom stereocenters. The molecule has 120 valence electrons. The first-order valence-corrected chi connectivity index (χ1v) is 8.13. The first-order valence-electron chi connectivity index (χ1n) is 8.13. The smallest absolute Gasteiger partial charge is 0.421 e. The molecule has 5 nitrogen and oxygen atoms in total. The van der Waals surface area contributed by atoms with Gasteiger partial charge >= 0.3 is 6.09 Å². The SMILES string of the molecule is CCOC(=O)NN1[C@@H]2[C@@H](COCc3ccccc3)CCC[C@@H]21. The number of hydrazine groups is 1. The highest BCUT2D eigenvalue weighted by Crippen LogP contribution is 2.42. The summed E-state index contributed by atoms with van der Waals surface area (Å²) in [5.41, 5.74) is 4.05. The number of hydrogen-bond acceptors (Lipinski definition) is 4. The fourth-order valence-corrected chi connectivity index (χ4v) is 3.42. The maximum Gasteiger partial charge on any atom is 0.421 e. The summed E-state index contributed by atoms with van der Waals surface area (Å²) in [5.74, 6) is 0.490. The first-order chi connectivity index (χ1) is 10.8. The quantitative estimate of drug-likeness (QED) is 0.821. The van der Waals surface area contributed by atoms with Gasteiger partial charge in [0.1, 0.15) is 0 Å². The highest BCUT2D eigenvalue weighted by molar-refractivity contribution is 5.67. The Kier molecular flexibility index (Phi) is 4.95. The normalized spacial score (nSPS) is 29.5. The molecule has 1 heterocycles. The average molecular weight is 304 g/mol. The largest absolute Gasteiger partial charge is 0.449 e. The Labute approximate surface area is 131 Å². The number of amides is 1. The zero-order valence-corrected chi connectivity index (χ0v) is 13.0. The summed E-state index contributed by atoms with van der Waals surface area (Å²) < 4.78 is 10.8. The maximum atomic E-state index is 11.5. The average Bonchev–Trinajstić information content (AvgIpc) is 3.22. The molecular weight excluding hydrogens is 280 g/mol. The summed E-state index contributed by atoms with van der Waals surface area (Å²) in [6.45, 7) is 3.62. The van der Waals surface area contributed by atoms with Crippen LogP contribution in [-0.4, -0.2) is 36.4 Å². The third kappa shape index (κ3) is 3.59. The number of rotatable bonds is 6. The van der Waals surface area contributed by atoms with Gasteiger partial charge in [0, 0.05) is 12.0 Å². The number of carbonyl (C=O) groups excluding carboxylic acids is 1. The molecule has 2 aliphatic rings. The van der Waals surface area contributed by atoms with E-state index in [1.165, 1.54) is 12.0 Å². The van der Waals surface area contributed by atoms with E-state index in [9.17, 15) is 4.79 Å². The van der Waals surface area contributed by atoms with Gasteiger partial charge in [-0.25, -0.2) is 9.80 Å². The lowest BCUT2D eigenvalue weighted by Crippen LogP contribution is -2.33. The van der Waals surface area contributed by atoms with Crippen molar-refractivity contribution in [3.8, 4) is 0 Å². The van der Waals surface area contributed by atoms with E-state index in [4.69, 9.17) is 9.47 Å². The van der Waals surface area contributed by atoms with E-state index in [0.717, 1.165) is 19.4 Å². The van der Waals surface area contributed by atoms with Gasteiger partial charge in [0.2, 0.25) is 0 Å². The van der Waals surface area contributed by atoms with Crippen LogP contribution in [0.1, 0.15) is 31.7 Å². The minimum absolute atomic E-state index is 0.346. The van der Waals surface area contributed by atoms with Crippen LogP contribution in [0.15, 0.2) is 30.3 Å². The topological polar surface area (TPSA) is 50.6 Å². The van der Waals surface area contributed by atoms with Crippen LogP contribution in [0.4, 0.5) is 4.79 Å². The highest BCUT2D eigenvalue weighted by Gasteiger charge is 2.54. The van der Waals surface area contributed by atoms with Gasteiger partial charge in [-0.3, -0.25) is 5.43 Å². The lowest BCUT2D eigenvalue weighted by atomic mass is 9.90. The first kappa shape index (κ1) is 15.3. The van der Waals surface area contributed by atoms with E-state index in [2.05, 4.69) is 17.6 Å². The monoisotopic (exact) mass is 304 g/mol. The highest BCUT2D eigenvalue weighted by atomic mass is 16.6. The zero-order chi connectivity index (χ0) is 15.4. The molecule has 22 heavy (non-hydrogen) atoms. The minimum atomic E-state index is -0.346. The predicted molar refractivity (Wildman–Crippen MR) is 83.0 cm³/mol. The molecule has 1 amide bonds. The van der Waals surface area contributed by atoms with Gasteiger partial charge in [-0.15, -0.1) is 0 Å². The molecule has 1 aromatic carbocycles. The Balaban J connectivity index is 1.45. The number of nitrogens with one attached hydrogen (secondary N) is 1. The summed E-state index contributed by atoms with van der Waals surface area (Å²) >= 11 is 0. The Bertz CT molecular complexity index is 494. The molecule has 1 aliphatic carbocycles. The molecule has 3 rings (SSSR count). The van der Waals surface area contributed by atoms with Gasteiger partial charge in [0.25, 0.3) is 0 Å². The van der Waals surface area contributed by atoms with E-state index in [-0.39, 0.29) is 6.09 Å². The lowest BCUT2D eigenvalue weighted by molar-refractivity contribution is 0.0735. The Morgan fingerprint density at radius 3 is 2.91 bits per heavy atom. The number of nitrogens with zero attached hydrogens (tertiary/aromatic N) is 1. The summed E-state index contributed by atoms with van der Waals surface area (Å²) in [4.78, 5) is 11.5. The van der Waals surface area contributed by atoms with Crippen molar-refractivity contribution in [2.24, 2.45) is 5.92 Å². The fourth-order valence-electron chi connectivity index (χ4n) is 3.42. The Morgan fingerprint density at radius 2 is 2.14 bits per heavy atom. The molecule has 0 radical (unpaired) electrons. The molecule has 0 bridgehead atoms. The van der Waals surface area contributed by atoms with E-state index in [1.54, 1.807) is 0 Å². The van der Waals surface area contributed by atoms with Crippen LogP contribution < -0.4 is 5.43 Å². The van der Waals surface area contributed by atoms with Crippen LogP contribution in [0.2, 0.25) is 0 Å². The molecular formula is C17H24N2O3. The Hall–Kier alpha value is -1.59. The number of carbonyl (C=O) groups is 1.